The molecule has 0 radical (unpaired) electrons. The van der Waals surface area contributed by atoms with Gasteiger partial charge < -0.3 is 15.2 Å². The van der Waals surface area contributed by atoms with E-state index in [2.05, 4.69) is 0 Å². The van der Waals surface area contributed by atoms with Gasteiger partial charge >= 0.3 is 5.97 Å². The van der Waals surface area contributed by atoms with Gasteiger partial charge in [0.25, 0.3) is 0 Å². The van der Waals surface area contributed by atoms with Crippen LogP contribution in [0.2, 0.25) is 10.0 Å². The van der Waals surface area contributed by atoms with Crippen LogP contribution in [0.3, 0.4) is 0 Å². The normalized spacial score (nSPS) is 15.0. The van der Waals surface area contributed by atoms with Gasteiger partial charge in [-0.05, 0) is 47.5 Å². The molecular formula is C25H15Cl2FN2O3. The summed E-state index contributed by atoms with van der Waals surface area (Å²) in [7, 11) is 0. The molecule has 1 aliphatic rings. The molecule has 33 heavy (non-hydrogen) atoms. The molecule has 0 bridgehead atoms. The lowest BCUT2D eigenvalue weighted by Gasteiger charge is -2.26. The number of hydrogen-bond acceptors (Lipinski definition) is 5. The SMILES string of the molecule is N#CC1=C(N)Oc2cc(OC(=O)/C=C/c3ccc(Cl)cc3Cl)ccc2C1c1cccc(F)c1. The van der Waals surface area contributed by atoms with E-state index < -0.39 is 17.7 Å². The Morgan fingerprint density at radius 2 is 1.97 bits per heavy atom. The number of ether oxygens (including phenoxy) is 2. The summed E-state index contributed by atoms with van der Waals surface area (Å²) in [6.07, 6.45) is 2.74. The van der Waals surface area contributed by atoms with E-state index in [1.807, 2.05) is 6.07 Å². The number of nitrogens with two attached hydrogens (primary N) is 1. The number of nitriles is 1. The largest absolute Gasteiger partial charge is 0.440 e. The van der Waals surface area contributed by atoms with Crippen molar-refractivity contribution < 1.29 is 18.7 Å². The summed E-state index contributed by atoms with van der Waals surface area (Å²) >= 11 is 12.0. The van der Waals surface area contributed by atoms with Gasteiger partial charge in [0.1, 0.15) is 29.0 Å². The fourth-order valence-corrected chi connectivity index (χ4v) is 3.94. The summed E-state index contributed by atoms with van der Waals surface area (Å²) in [5, 5.41) is 10.5. The average Bonchev–Trinajstić information content (AvgIpc) is 2.77. The van der Waals surface area contributed by atoms with Gasteiger partial charge in [0, 0.05) is 27.8 Å². The van der Waals surface area contributed by atoms with Crippen LogP contribution >= 0.6 is 23.2 Å². The molecule has 0 spiro atoms. The van der Waals surface area contributed by atoms with E-state index in [4.69, 9.17) is 38.4 Å². The van der Waals surface area contributed by atoms with Crippen LogP contribution in [-0.4, -0.2) is 5.97 Å². The maximum Gasteiger partial charge on any atom is 0.336 e. The monoisotopic (exact) mass is 480 g/mol. The Morgan fingerprint density at radius 1 is 1.15 bits per heavy atom. The van der Waals surface area contributed by atoms with Gasteiger partial charge in [-0.25, -0.2) is 9.18 Å². The topological polar surface area (TPSA) is 85.3 Å². The standard InChI is InChI=1S/C25H15Cl2FN2O3/c26-16-6-4-14(21(27)11-16)5-9-23(31)32-18-7-8-19-22(12-18)33-25(30)20(13-29)24(19)15-2-1-3-17(28)10-15/h1-12,24H,30H2/b9-5+. The van der Waals surface area contributed by atoms with Crippen LogP contribution in [-0.2, 0) is 4.79 Å². The number of allylic oxidation sites excluding steroid dienone is 1. The van der Waals surface area contributed by atoms with Crippen molar-refractivity contribution in [1.82, 2.24) is 0 Å². The number of esters is 1. The van der Waals surface area contributed by atoms with Gasteiger partial charge in [-0.15, -0.1) is 0 Å². The number of halogens is 3. The molecule has 3 aromatic rings. The second-order valence-electron chi connectivity index (χ2n) is 7.10. The zero-order chi connectivity index (χ0) is 23.5. The van der Waals surface area contributed by atoms with Crippen LogP contribution < -0.4 is 15.2 Å². The zero-order valence-electron chi connectivity index (χ0n) is 16.9. The van der Waals surface area contributed by atoms with E-state index in [9.17, 15) is 14.4 Å². The lowest BCUT2D eigenvalue weighted by molar-refractivity contribution is -0.128. The van der Waals surface area contributed by atoms with Crippen LogP contribution in [0.25, 0.3) is 6.08 Å². The Kier molecular flexibility index (Phi) is 6.36. The maximum absolute atomic E-state index is 13.8. The number of benzene rings is 3. The van der Waals surface area contributed by atoms with E-state index in [-0.39, 0.29) is 17.2 Å². The second kappa shape index (κ2) is 9.37. The minimum Gasteiger partial charge on any atom is -0.440 e. The van der Waals surface area contributed by atoms with Crippen molar-refractivity contribution in [1.29, 1.82) is 5.26 Å². The lowest BCUT2D eigenvalue weighted by Crippen LogP contribution is -2.21. The van der Waals surface area contributed by atoms with E-state index in [0.717, 1.165) is 0 Å². The van der Waals surface area contributed by atoms with E-state index in [0.29, 0.717) is 32.5 Å². The fourth-order valence-electron chi connectivity index (χ4n) is 3.47. The highest BCUT2D eigenvalue weighted by Gasteiger charge is 2.31. The molecule has 1 unspecified atom stereocenters. The summed E-state index contributed by atoms with van der Waals surface area (Å²) in [6.45, 7) is 0. The molecule has 2 N–H and O–H groups in total. The van der Waals surface area contributed by atoms with Crippen molar-refractivity contribution in [3.63, 3.8) is 0 Å². The average molecular weight is 481 g/mol. The number of hydrogen-bond donors (Lipinski definition) is 1. The molecule has 0 saturated carbocycles. The quantitative estimate of drug-likeness (QED) is 0.282. The Bertz CT molecular complexity index is 1360. The molecule has 1 aliphatic heterocycles. The Hall–Kier alpha value is -3.79. The number of nitrogens with zero attached hydrogens (tertiary/aromatic N) is 1. The molecule has 0 amide bonds. The zero-order valence-corrected chi connectivity index (χ0v) is 18.4. The summed E-state index contributed by atoms with van der Waals surface area (Å²) in [5.41, 5.74) is 7.87. The first-order valence-electron chi connectivity index (χ1n) is 9.67. The predicted molar refractivity (Wildman–Crippen MR) is 123 cm³/mol. The van der Waals surface area contributed by atoms with Crippen molar-refractivity contribution in [3.8, 4) is 17.6 Å². The number of fused-ring (bicyclic) bond motifs is 1. The van der Waals surface area contributed by atoms with Gasteiger partial charge in [-0.3, -0.25) is 0 Å². The number of rotatable bonds is 4. The van der Waals surface area contributed by atoms with Gasteiger partial charge in [0.15, 0.2) is 0 Å². The molecule has 3 aromatic carbocycles. The van der Waals surface area contributed by atoms with Crippen molar-refractivity contribution >= 4 is 35.2 Å². The first-order chi connectivity index (χ1) is 15.9. The molecule has 8 heteroatoms. The fraction of sp³-hybridized carbons (Fsp3) is 0.0400. The van der Waals surface area contributed by atoms with Crippen molar-refractivity contribution in [3.05, 3.63) is 111 Å². The first kappa shape index (κ1) is 22.4. The molecule has 0 saturated heterocycles. The Morgan fingerprint density at radius 3 is 2.70 bits per heavy atom. The summed E-state index contributed by atoms with van der Waals surface area (Å²) in [5.74, 6) is -1.28. The summed E-state index contributed by atoms with van der Waals surface area (Å²) in [4.78, 5) is 12.3. The second-order valence-corrected chi connectivity index (χ2v) is 7.94. The third kappa shape index (κ3) is 4.85. The highest BCUT2D eigenvalue weighted by Crippen LogP contribution is 2.43. The first-order valence-corrected chi connectivity index (χ1v) is 10.4. The van der Waals surface area contributed by atoms with Crippen molar-refractivity contribution in [2.24, 2.45) is 5.73 Å². The molecule has 5 nitrogen and oxygen atoms in total. The van der Waals surface area contributed by atoms with E-state index in [1.54, 1.807) is 42.5 Å². The summed E-state index contributed by atoms with van der Waals surface area (Å²) in [6, 6.07) is 17.6. The number of carbonyl (C=O) groups excluding carboxylic acids is 1. The smallest absolute Gasteiger partial charge is 0.336 e. The third-order valence-electron chi connectivity index (χ3n) is 4.95. The molecule has 0 aromatic heterocycles. The molecule has 164 valence electrons. The van der Waals surface area contributed by atoms with Crippen LogP contribution in [0.15, 0.2) is 78.2 Å². The van der Waals surface area contributed by atoms with Gasteiger partial charge in [-0.1, -0.05) is 47.5 Å². The molecule has 1 heterocycles. The molecule has 0 aliphatic carbocycles. The van der Waals surface area contributed by atoms with Crippen molar-refractivity contribution in [2.75, 3.05) is 0 Å². The molecule has 1 atom stereocenters. The lowest BCUT2D eigenvalue weighted by atomic mass is 9.83. The maximum atomic E-state index is 13.8. The Balaban J connectivity index is 1.60. The third-order valence-corrected chi connectivity index (χ3v) is 5.51. The van der Waals surface area contributed by atoms with Crippen molar-refractivity contribution in [2.45, 2.75) is 5.92 Å². The van der Waals surface area contributed by atoms with Crippen LogP contribution in [0, 0.1) is 17.1 Å². The molecule has 0 fully saturated rings. The Labute approximate surface area is 199 Å². The van der Waals surface area contributed by atoms with Crippen LogP contribution in [0.4, 0.5) is 4.39 Å². The predicted octanol–water partition coefficient (Wildman–Crippen LogP) is 5.97. The summed E-state index contributed by atoms with van der Waals surface area (Å²) < 4.78 is 24.8. The van der Waals surface area contributed by atoms with Crippen LogP contribution in [0.5, 0.6) is 11.5 Å². The number of carbonyl (C=O) groups is 1. The highest BCUT2D eigenvalue weighted by molar-refractivity contribution is 6.35. The van der Waals surface area contributed by atoms with E-state index >= 15 is 0 Å². The molecular weight excluding hydrogens is 466 g/mol. The molecule has 4 rings (SSSR count). The highest BCUT2D eigenvalue weighted by atomic mass is 35.5. The van der Waals surface area contributed by atoms with Gasteiger partial charge in [0.2, 0.25) is 5.88 Å². The van der Waals surface area contributed by atoms with Gasteiger partial charge in [0.05, 0.1) is 5.92 Å². The van der Waals surface area contributed by atoms with E-state index in [1.165, 1.54) is 30.4 Å². The van der Waals surface area contributed by atoms with Gasteiger partial charge in [-0.2, -0.15) is 5.26 Å². The van der Waals surface area contributed by atoms with Crippen LogP contribution in [0.1, 0.15) is 22.6 Å². The minimum absolute atomic E-state index is 0.0972. The minimum atomic E-state index is -0.639.